The van der Waals surface area contributed by atoms with Crippen molar-refractivity contribution in [3.63, 3.8) is 0 Å². The lowest BCUT2D eigenvalue weighted by Crippen LogP contribution is -2.09. The number of carboxylic acids is 1. The van der Waals surface area contributed by atoms with Crippen molar-refractivity contribution in [1.29, 1.82) is 5.26 Å². The van der Waals surface area contributed by atoms with Crippen molar-refractivity contribution in [2.75, 3.05) is 0 Å². The first-order valence-electron chi connectivity index (χ1n) is 4.60. The molecule has 0 aromatic carbocycles. The van der Waals surface area contributed by atoms with Gasteiger partial charge in [0.15, 0.2) is 5.82 Å². The van der Waals surface area contributed by atoms with Crippen LogP contribution < -0.4 is 0 Å². The van der Waals surface area contributed by atoms with Crippen LogP contribution in [0.1, 0.15) is 16.1 Å². The van der Waals surface area contributed by atoms with Crippen molar-refractivity contribution >= 4 is 5.97 Å². The van der Waals surface area contributed by atoms with E-state index in [4.69, 9.17) is 10.4 Å². The minimum atomic E-state index is -1.30. The van der Waals surface area contributed by atoms with Crippen molar-refractivity contribution in [1.82, 2.24) is 9.55 Å². The Kier molecular flexibility index (Phi) is 2.58. The largest absolute Gasteiger partial charge is 0.478 e. The Morgan fingerprint density at radius 3 is 3.00 bits per heavy atom. The number of carboxylic acid groups (broad SMARTS) is 1. The third-order valence-electron chi connectivity index (χ3n) is 2.16. The first kappa shape index (κ1) is 10.8. The van der Waals surface area contributed by atoms with E-state index in [1.54, 1.807) is 6.07 Å². The molecular weight excluding hydrogens is 225 g/mol. The Morgan fingerprint density at radius 1 is 1.59 bits per heavy atom. The zero-order chi connectivity index (χ0) is 12.4. The number of nitrogens with zero attached hydrogens (tertiary/aromatic N) is 3. The van der Waals surface area contributed by atoms with Gasteiger partial charge < -0.3 is 5.11 Å². The summed E-state index contributed by atoms with van der Waals surface area (Å²) in [6, 6.07) is 5.85. The molecule has 0 aliphatic heterocycles. The third kappa shape index (κ3) is 1.86. The van der Waals surface area contributed by atoms with E-state index < -0.39 is 11.8 Å². The second kappa shape index (κ2) is 4.06. The van der Waals surface area contributed by atoms with Gasteiger partial charge in [0, 0.05) is 6.20 Å². The van der Waals surface area contributed by atoms with Gasteiger partial charge in [0.2, 0.25) is 0 Å². The van der Waals surface area contributed by atoms with Gasteiger partial charge in [-0.2, -0.15) is 5.26 Å². The molecule has 0 fully saturated rings. The predicted octanol–water partition coefficient (Wildman–Crippen LogP) is 1.58. The van der Waals surface area contributed by atoms with E-state index in [1.807, 2.05) is 6.07 Å². The van der Waals surface area contributed by atoms with Gasteiger partial charge >= 0.3 is 5.97 Å². The minimum Gasteiger partial charge on any atom is -0.478 e. The summed E-state index contributed by atoms with van der Waals surface area (Å²) < 4.78 is 14.2. The Labute approximate surface area is 95.4 Å². The second-order valence-corrected chi connectivity index (χ2v) is 3.21. The van der Waals surface area contributed by atoms with Gasteiger partial charge in [-0.15, -0.1) is 0 Å². The highest BCUT2D eigenvalue weighted by Gasteiger charge is 2.15. The lowest BCUT2D eigenvalue weighted by atomic mass is 10.2. The summed E-state index contributed by atoms with van der Waals surface area (Å²) in [4.78, 5) is 14.7. The molecule has 0 saturated heterocycles. The van der Waals surface area contributed by atoms with Crippen LogP contribution in [0.5, 0.6) is 0 Å². The Morgan fingerprint density at radius 2 is 2.35 bits per heavy atom. The number of carbonyl (C=O) groups is 1. The SMILES string of the molecule is N#Cc1cccn1-c1ncc(F)cc1C(=O)O. The number of aromatic carboxylic acids is 1. The molecule has 1 N–H and O–H groups in total. The monoisotopic (exact) mass is 231 g/mol. The van der Waals surface area contributed by atoms with Crippen molar-refractivity contribution in [3.05, 3.63) is 47.7 Å². The summed E-state index contributed by atoms with van der Waals surface area (Å²) in [6.07, 6.45) is 2.40. The fraction of sp³-hybridized carbons (Fsp3) is 0. The van der Waals surface area contributed by atoms with Crippen molar-refractivity contribution in [2.45, 2.75) is 0 Å². The number of rotatable bonds is 2. The van der Waals surface area contributed by atoms with Crippen LogP contribution in [0, 0.1) is 17.1 Å². The van der Waals surface area contributed by atoms with Crippen molar-refractivity contribution < 1.29 is 14.3 Å². The average molecular weight is 231 g/mol. The molecule has 0 saturated carbocycles. The maximum absolute atomic E-state index is 12.9. The number of halogens is 1. The molecule has 2 aromatic rings. The fourth-order valence-electron chi connectivity index (χ4n) is 1.44. The topological polar surface area (TPSA) is 78.9 Å². The Hall–Kier alpha value is -2.68. The molecular formula is C11H6FN3O2. The number of aromatic nitrogens is 2. The van der Waals surface area contributed by atoms with E-state index >= 15 is 0 Å². The summed E-state index contributed by atoms with van der Waals surface area (Å²) in [7, 11) is 0. The van der Waals surface area contributed by atoms with E-state index in [0.29, 0.717) is 0 Å². The van der Waals surface area contributed by atoms with Crippen LogP contribution >= 0.6 is 0 Å². The molecule has 0 bridgehead atoms. The molecule has 2 rings (SSSR count). The maximum atomic E-state index is 12.9. The fourth-order valence-corrected chi connectivity index (χ4v) is 1.44. The summed E-state index contributed by atoms with van der Waals surface area (Å²) in [5.74, 6) is -2.03. The van der Waals surface area contributed by atoms with E-state index in [2.05, 4.69) is 4.98 Å². The summed E-state index contributed by atoms with van der Waals surface area (Å²) in [6.45, 7) is 0. The highest BCUT2D eigenvalue weighted by atomic mass is 19.1. The summed E-state index contributed by atoms with van der Waals surface area (Å²) in [5, 5.41) is 17.8. The highest BCUT2D eigenvalue weighted by molar-refractivity contribution is 5.91. The Balaban J connectivity index is 2.68. The standard InChI is InChI=1S/C11H6FN3O2/c12-7-4-9(11(16)17)10(14-6-7)15-3-1-2-8(15)5-13/h1-4,6H,(H,16,17). The lowest BCUT2D eigenvalue weighted by molar-refractivity contribution is 0.0696. The molecule has 0 aliphatic carbocycles. The predicted molar refractivity (Wildman–Crippen MR) is 55.2 cm³/mol. The molecule has 6 heteroatoms. The van der Waals surface area contributed by atoms with Crippen molar-refractivity contribution in [3.8, 4) is 11.9 Å². The molecule has 0 aliphatic rings. The van der Waals surface area contributed by atoms with Crippen LogP contribution in [-0.2, 0) is 0 Å². The first-order valence-corrected chi connectivity index (χ1v) is 4.60. The molecule has 0 atom stereocenters. The minimum absolute atomic E-state index is 0.0143. The van der Waals surface area contributed by atoms with Crippen LogP contribution in [0.3, 0.4) is 0 Å². The van der Waals surface area contributed by atoms with Gasteiger partial charge in [0.1, 0.15) is 23.1 Å². The molecule has 17 heavy (non-hydrogen) atoms. The number of nitriles is 1. The normalized spacial score (nSPS) is 9.88. The third-order valence-corrected chi connectivity index (χ3v) is 2.16. The first-order chi connectivity index (χ1) is 8.13. The molecule has 0 unspecified atom stereocenters. The smallest absolute Gasteiger partial charge is 0.339 e. The van der Waals surface area contributed by atoms with Crippen LogP contribution in [-0.4, -0.2) is 20.6 Å². The van der Waals surface area contributed by atoms with Crippen LogP contribution in [0.4, 0.5) is 4.39 Å². The average Bonchev–Trinajstić information content (AvgIpc) is 2.76. The number of pyridine rings is 1. The van der Waals surface area contributed by atoms with Crippen LogP contribution in [0.15, 0.2) is 30.6 Å². The van der Waals surface area contributed by atoms with E-state index in [1.165, 1.54) is 16.8 Å². The van der Waals surface area contributed by atoms with Gasteiger partial charge in [-0.05, 0) is 18.2 Å². The number of hydrogen-bond donors (Lipinski definition) is 1. The van der Waals surface area contributed by atoms with Crippen LogP contribution in [0.25, 0.3) is 5.82 Å². The van der Waals surface area contributed by atoms with Gasteiger partial charge in [0.25, 0.3) is 0 Å². The van der Waals surface area contributed by atoms with Crippen LogP contribution in [0.2, 0.25) is 0 Å². The van der Waals surface area contributed by atoms with E-state index in [-0.39, 0.29) is 17.1 Å². The van der Waals surface area contributed by atoms with Gasteiger partial charge in [0.05, 0.1) is 6.20 Å². The molecule has 0 amide bonds. The molecule has 0 spiro atoms. The molecule has 5 nitrogen and oxygen atoms in total. The lowest BCUT2D eigenvalue weighted by Gasteiger charge is -2.07. The van der Waals surface area contributed by atoms with Gasteiger partial charge in [-0.3, -0.25) is 4.57 Å². The summed E-state index contributed by atoms with van der Waals surface area (Å²) in [5.41, 5.74) is -0.0655. The summed E-state index contributed by atoms with van der Waals surface area (Å²) >= 11 is 0. The maximum Gasteiger partial charge on any atom is 0.339 e. The van der Waals surface area contributed by atoms with Gasteiger partial charge in [-0.1, -0.05) is 0 Å². The quantitative estimate of drug-likeness (QED) is 0.850. The second-order valence-electron chi connectivity index (χ2n) is 3.21. The van der Waals surface area contributed by atoms with E-state index in [0.717, 1.165) is 12.3 Å². The number of hydrogen-bond acceptors (Lipinski definition) is 3. The molecule has 2 aromatic heterocycles. The Bertz CT molecular complexity index is 628. The van der Waals surface area contributed by atoms with Crippen molar-refractivity contribution in [2.24, 2.45) is 0 Å². The molecule has 0 radical (unpaired) electrons. The van der Waals surface area contributed by atoms with Gasteiger partial charge in [-0.25, -0.2) is 14.2 Å². The molecule has 84 valence electrons. The zero-order valence-electron chi connectivity index (χ0n) is 8.46. The molecule has 2 heterocycles. The highest BCUT2D eigenvalue weighted by Crippen LogP contribution is 2.16. The zero-order valence-corrected chi connectivity index (χ0v) is 8.46. The van der Waals surface area contributed by atoms with E-state index in [9.17, 15) is 9.18 Å².